The summed E-state index contributed by atoms with van der Waals surface area (Å²) in [6.07, 6.45) is 0.654. The van der Waals surface area contributed by atoms with E-state index in [9.17, 15) is 9.59 Å². The number of carbonyl (C=O) groups is 2. The molecule has 130 valence electrons. The highest BCUT2D eigenvalue weighted by molar-refractivity contribution is 6.16. The van der Waals surface area contributed by atoms with Crippen molar-refractivity contribution in [2.24, 2.45) is 0 Å². The molecule has 1 atom stereocenters. The minimum Gasteiger partial charge on any atom is -0.465 e. The molecule has 2 aliphatic heterocycles. The van der Waals surface area contributed by atoms with Crippen molar-refractivity contribution >= 4 is 17.6 Å². The maximum atomic E-state index is 12.7. The molecule has 1 aromatic carbocycles. The minimum atomic E-state index is -0.907. The van der Waals surface area contributed by atoms with Crippen LogP contribution in [0.4, 0.5) is 5.69 Å². The Kier molecular flexibility index (Phi) is 4.60. The fourth-order valence-corrected chi connectivity index (χ4v) is 3.49. The average molecular weight is 333 g/mol. The highest BCUT2D eigenvalue weighted by Gasteiger charge is 2.44. The molecule has 1 fully saturated rings. The third-order valence-electron chi connectivity index (χ3n) is 4.64. The van der Waals surface area contributed by atoms with E-state index in [-0.39, 0.29) is 12.5 Å². The molecule has 6 heteroatoms. The van der Waals surface area contributed by atoms with E-state index in [0.717, 1.165) is 11.3 Å². The second kappa shape index (κ2) is 6.53. The van der Waals surface area contributed by atoms with Gasteiger partial charge in [-0.05, 0) is 31.5 Å². The molecule has 1 amide bonds. The Morgan fingerprint density at radius 1 is 1.29 bits per heavy atom. The van der Waals surface area contributed by atoms with Crippen molar-refractivity contribution in [3.05, 3.63) is 29.3 Å². The Morgan fingerprint density at radius 2 is 2.00 bits per heavy atom. The second-order valence-corrected chi connectivity index (χ2v) is 5.84. The maximum absolute atomic E-state index is 12.7. The smallest absolute Gasteiger partial charge is 0.323 e. The number of likely N-dealkylation sites (N-methyl/N-ethyl adjacent to an activating group) is 1. The highest BCUT2D eigenvalue weighted by Crippen LogP contribution is 2.42. The number of benzene rings is 1. The number of esters is 1. The lowest BCUT2D eigenvalue weighted by molar-refractivity contribution is -0.167. The predicted octanol–water partition coefficient (Wildman–Crippen LogP) is 2.31. The van der Waals surface area contributed by atoms with Crippen LogP contribution in [-0.4, -0.2) is 38.2 Å². The molecule has 0 N–H and O–H groups in total. The summed E-state index contributed by atoms with van der Waals surface area (Å²) in [4.78, 5) is 26.6. The van der Waals surface area contributed by atoms with Gasteiger partial charge in [-0.2, -0.15) is 0 Å². The Balaban J connectivity index is 2.06. The van der Waals surface area contributed by atoms with Gasteiger partial charge in [0, 0.05) is 24.2 Å². The van der Waals surface area contributed by atoms with Gasteiger partial charge in [0.2, 0.25) is 5.91 Å². The largest absolute Gasteiger partial charge is 0.465 e. The van der Waals surface area contributed by atoms with E-state index >= 15 is 0 Å². The molecule has 0 aromatic heterocycles. The number of anilines is 1. The van der Waals surface area contributed by atoms with Crippen molar-refractivity contribution in [1.82, 2.24) is 0 Å². The Hall–Kier alpha value is -1.92. The molecule has 0 bridgehead atoms. The van der Waals surface area contributed by atoms with Crippen LogP contribution in [0.3, 0.4) is 0 Å². The topological polar surface area (TPSA) is 65.1 Å². The molecule has 1 aromatic rings. The summed E-state index contributed by atoms with van der Waals surface area (Å²) in [5.41, 5.74) is 2.26. The summed E-state index contributed by atoms with van der Waals surface area (Å²) in [5, 5.41) is 0. The summed E-state index contributed by atoms with van der Waals surface area (Å²) in [6.45, 7) is 7.43. The van der Waals surface area contributed by atoms with Crippen molar-refractivity contribution in [3.63, 3.8) is 0 Å². The summed E-state index contributed by atoms with van der Waals surface area (Å²) in [7, 11) is 0. The molecule has 0 saturated carbocycles. The number of ether oxygens (including phenoxy) is 3. The van der Waals surface area contributed by atoms with Gasteiger partial charge in [-0.25, -0.2) is 0 Å². The molecular weight excluding hydrogens is 310 g/mol. The van der Waals surface area contributed by atoms with Gasteiger partial charge < -0.3 is 19.1 Å². The van der Waals surface area contributed by atoms with E-state index in [1.807, 2.05) is 32.0 Å². The van der Waals surface area contributed by atoms with Gasteiger partial charge in [0.25, 0.3) is 0 Å². The second-order valence-electron chi connectivity index (χ2n) is 5.84. The Bertz CT molecular complexity index is 651. The van der Waals surface area contributed by atoms with Crippen LogP contribution in [0, 0.1) is 0 Å². The first-order chi connectivity index (χ1) is 11.6. The zero-order chi connectivity index (χ0) is 17.3. The van der Waals surface area contributed by atoms with Crippen molar-refractivity contribution in [2.75, 3.05) is 31.3 Å². The van der Waals surface area contributed by atoms with Gasteiger partial charge >= 0.3 is 5.97 Å². The average Bonchev–Trinajstić information content (AvgIpc) is 3.17. The van der Waals surface area contributed by atoms with Crippen LogP contribution in [0.1, 0.15) is 44.2 Å². The van der Waals surface area contributed by atoms with E-state index in [4.69, 9.17) is 14.2 Å². The zero-order valence-electron chi connectivity index (χ0n) is 14.3. The predicted molar refractivity (Wildman–Crippen MR) is 87.7 cm³/mol. The molecule has 0 aliphatic carbocycles. The molecule has 2 aliphatic rings. The standard InChI is InChI=1S/C18H23NO5/c1-4-18(23-9-10-24-18)12-7-8-14-13(11-12)15(17(21)22-6-3)16(20)19(14)5-2/h7-8,11,15H,4-6,9-10H2,1-3H3. The zero-order valence-corrected chi connectivity index (χ0v) is 14.3. The van der Waals surface area contributed by atoms with Crippen LogP contribution in [0.25, 0.3) is 0 Å². The van der Waals surface area contributed by atoms with Gasteiger partial charge in [0.05, 0.1) is 19.8 Å². The first-order valence-electron chi connectivity index (χ1n) is 8.48. The molecule has 2 heterocycles. The van der Waals surface area contributed by atoms with Gasteiger partial charge in [-0.3, -0.25) is 9.59 Å². The molecule has 6 nitrogen and oxygen atoms in total. The fraction of sp³-hybridized carbons (Fsp3) is 0.556. The molecule has 1 saturated heterocycles. The van der Waals surface area contributed by atoms with Crippen LogP contribution >= 0.6 is 0 Å². The van der Waals surface area contributed by atoms with Crippen LogP contribution in [0.5, 0.6) is 0 Å². The molecule has 3 rings (SSSR count). The van der Waals surface area contributed by atoms with Crippen molar-refractivity contribution in [3.8, 4) is 0 Å². The van der Waals surface area contributed by atoms with E-state index in [1.54, 1.807) is 11.8 Å². The van der Waals surface area contributed by atoms with E-state index in [0.29, 0.717) is 31.7 Å². The summed E-state index contributed by atoms with van der Waals surface area (Å²) < 4.78 is 16.8. The maximum Gasteiger partial charge on any atom is 0.323 e. The van der Waals surface area contributed by atoms with Crippen molar-refractivity contribution in [2.45, 2.75) is 38.9 Å². The Labute approximate surface area is 141 Å². The first-order valence-corrected chi connectivity index (χ1v) is 8.48. The SMILES string of the molecule is CCOC(=O)C1C(=O)N(CC)c2ccc(C3(CC)OCCO3)cc21. The number of hydrogen-bond acceptors (Lipinski definition) is 5. The molecule has 0 spiro atoms. The first kappa shape index (κ1) is 16.9. The lowest BCUT2D eigenvalue weighted by Gasteiger charge is -2.27. The lowest BCUT2D eigenvalue weighted by atomic mass is 9.94. The number of hydrogen-bond donors (Lipinski definition) is 0. The Morgan fingerprint density at radius 3 is 2.58 bits per heavy atom. The van der Waals surface area contributed by atoms with Crippen LogP contribution < -0.4 is 4.90 Å². The quantitative estimate of drug-likeness (QED) is 0.611. The van der Waals surface area contributed by atoms with Gasteiger partial charge in [0.1, 0.15) is 0 Å². The van der Waals surface area contributed by atoms with Crippen LogP contribution in [-0.2, 0) is 29.6 Å². The number of fused-ring (bicyclic) bond motifs is 1. The lowest BCUT2D eigenvalue weighted by Crippen LogP contribution is -2.32. The molecule has 0 radical (unpaired) electrons. The number of carbonyl (C=O) groups excluding carboxylic acids is 2. The summed E-state index contributed by atoms with van der Waals surface area (Å²) in [6, 6.07) is 5.64. The molecular formula is C18H23NO5. The number of rotatable bonds is 5. The fourth-order valence-electron chi connectivity index (χ4n) is 3.49. The highest BCUT2D eigenvalue weighted by atomic mass is 16.7. The third kappa shape index (κ3) is 2.50. The van der Waals surface area contributed by atoms with Gasteiger partial charge in [-0.15, -0.1) is 0 Å². The monoisotopic (exact) mass is 333 g/mol. The summed E-state index contributed by atoms with van der Waals surface area (Å²) >= 11 is 0. The van der Waals surface area contributed by atoms with Crippen LogP contribution in [0.15, 0.2) is 18.2 Å². The minimum absolute atomic E-state index is 0.234. The third-order valence-corrected chi connectivity index (χ3v) is 4.64. The van der Waals surface area contributed by atoms with E-state index < -0.39 is 17.7 Å². The number of amides is 1. The summed E-state index contributed by atoms with van der Waals surface area (Å²) in [5.74, 6) is -2.44. The van der Waals surface area contributed by atoms with E-state index in [2.05, 4.69) is 0 Å². The van der Waals surface area contributed by atoms with Crippen LogP contribution in [0.2, 0.25) is 0 Å². The molecule has 24 heavy (non-hydrogen) atoms. The van der Waals surface area contributed by atoms with Gasteiger partial charge in [0.15, 0.2) is 11.7 Å². The normalized spacial score (nSPS) is 21.9. The van der Waals surface area contributed by atoms with E-state index in [1.165, 1.54) is 0 Å². The van der Waals surface area contributed by atoms with Crippen molar-refractivity contribution < 1.29 is 23.8 Å². The van der Waals surface area contributed by atoms with Gasteiger partial charge in [-0.1, -0.05) is 13.0 Å². The number of nitrogens with zero attached hydrogens (tertiary/aromatic N) is 1. The molecule has 1 unspecified atom stereocenters. The van der Waals surface area contributed by atoms with Crippen molar-refractivity contribution in [1.29, 1.82) is 0 Å².